The Bertz CT molecular complexity index is 1090. The number of likely N-dealkylation sites (tertiary alicyclic amines) is 1. The van der Waals surface area contributed by atoms with Crippen molar-refractivity contribution < 1.29 is 32.3 Å². The molecule has 1 heterocycles. The van der Waals surface area contributed by atoms with Crippen LogP contribution in [0.4, 0.5) is 23.7 Å². The predicted molar refractivity (Wildman–Crippen MR) is 127 cm³/mol. The van der Waals surface area contributed by atoms with Crippen LogP contribution < -0.4 is 16.4 Å². The molecule has 36 heavy (non-hydrogen) atoms. The van der Waals surface area contributed by atoms with Gasteiger partial charge in [0.05, 0.1) is 17.5 Å². The molecule has 1 fully saturated rings. The van der Waals surface area contributed by atoms with E-state index < -0.39 is 23.2 Å². The summed E-state index contributed by atoms with van der Waals surface area (Å²) < 4.78 is 43.5. The number of piperidine rings is 1. The third-order valence-electron chi connectivity index (χ3n) is 6.06. The van der Waals surface area contributed by atoms with Crippen molar-refractivity contribution >= 4 is 35.2 Å². The van der Waals surface area contributed by atoms with Crippen molar-refractivity contribution in [3.05, 3.63) is 64.7 Å². The minimum atomic E-state index is -4.50. The monoisotopic (exact) mass is 526 g/mol. The fourth-order valence-electron chi connectivity index (χ4n) is 3.86. The smallest absolute Gasteiger partial charge is 0.416 e. The van der Waals surface area contributed by atoms with Gasteiger partial charge in [-0.15, -0.1) is 0 Å². The lowest BCUT2D eigenvalue weighted by Gasteiger charge is -2.40. The number of carbonyl (C=O) groups excluding carboxylic acids is 3. The molecule has 3 rings (SSSR count). The van der Waals surface area contributed by atoms with Crippen LogP contribution in [0.2, 0.25) is 5.02 Å². The molecule has 0 unspecified atom stereocenters. The third kappa shape index (κ3) is 6.88. The minimum absolute atomic E-state index is 0.105. The highest BCUT2D eigenvalue weighted by Gasteiger charge is 2.43. The second kappa shape index (κ2) is 11.6. The van der Waals surface area contributed by atoms with Crippen molar-refractivity contribution in [3.63, 3.8) is 0 Å². The lowest BCUT2D eigenvalue weighted by Crippen LogP contribution is -2.53. The number of hydrogen-bond donors (Lipinski definition) is 3. The van der Waals surface area contributed by atoms with Gasteiger partial charge in [-0.25, -0.2) is 4.79 Å². The van der Waals surface area contributed by atoms with Crippen molar-refractivity contribution in [2.24, 2.45) is 11.1 Å². The molecule has 0 saturated carbocycles. The van der Waals surface area contributed by atoms with Crippen LogP contribution in [-0.4, -0.2) is 49.0 Å². The first-order valence-corrected chi connectivity index (χ1v) is 11.5. The largest absolute Gasteiger partial charge is 0.448 e. The predicted octanol–water partition coefficient (Wildman–Crippen LogP) is 3.79. The molecule has 3 amide bonds. The number of hydrogen-bond acceptors (Lipinski definition) is 5. The molecule has 0 atom stereocenters. The van der Waals surface area contributed by atoms with Gasteiger partial charge in [-0.3, -0.25) is 14.9 Å². The van der Waals surface area contributed by atoms with E-state index in [2.05, 4.69) is 10.6 Å². The standard InChI is InChI=1S/C24H26ClF3N4O4/c25-19-4-2-1-3-16(19)14-30-21(34)23(9-11-32(12-10-23)20(33)13-29)15-36-22(35)31-18-7-5-17(6-8-18)24(26,27)28/h1-8H,9-15,29H2,(H,30,34)(H,31,35). The molecule has 8 nitrogen and oxygen atoms in total. The van der Waals surface area contributed by atoms with E-state index >= 15 is 0 Å². The van der Waals surface area contributed by atoms with E-state index in [9.17, 15) is 27.6 Å². The molecule has 0 bridgehead atoms. The Morgan fingerprint density at radius 2 is 1.69 bits per heavy atom. The van der Waals surface area contributed by atoms with Crippen LogP contribution in [0.1, 0.15) is 24.0 Å². The summed E-state index contributed by atoms with van der Waals surface area (Å²) in [6, 6.07) is 10.9. The van der Waals surface area contributed by atoms with Crippen LogP contribution in [0.25, 0.3) is 0 Å². The highest BCUT2D eigenvalue weighted by molar-refractivity contribution is 6.31. The highest BCUT2D eigenvalue weighted by Crippen LogP contribution is 2.33. The molecule has 0 spiro atoms. The van der Waals surface area contributed by atoms with Crippen molar-refractivity contribution in [1.82, 2.24) is 10.2 Å². The molecule has 2 aromatic rings. The Hall–Kier alpha value is -3.31. The number of nitrogens with zero attached hydrogens (tertiary/aromatic N) is 1. The Balaban J connectivity index is 1.66. The summed E-state index contributed by atoms with van der Waals surface area (Å²) >= 11 is 6.17. The summed E-state index contributed by atoms with van der Waals surface area (Å²) in [6.07, 6.45) is -4.97. The molecule has 0 radical (unpaired) electrons. The van der Waals surface area contributed by atoms with E-state index in [4.69, 9.17) is 22.1 Å². The third-order valence-corrected chi connectivity index (χ3v) is 6.43. The van der Waals surface area contributed by atoms with Crippen LogP contribution in [0.15, 0.2) is 48.5 Å². The van der Waals surface area contributed by atoms with Gasteiger partial charge in [-0.05, 0) is 48.7 Å². The number of nitrogens with one attached hydrogen (secondary N) is 2. The van der Waals surface area contributed by atoms with Crippen LogP contribution >= 0.6 is 11.6 Å². The number of carbonyl (C=O) groups is 3. The van der Waals surface area contributed by atoms with Crippen molar-refractivity contribution in [2.45, 2.75) is 25.6 Å². The first-order chi connectivity index (χ1) is 17.0. The molecule has 12 heteroatoms. The fourth-order valence-corrected chi connectivity index (χ4v) is 4.06. The second-order valence-electron chi connectivity index (χ2n) is 8.42. The van der Waals surface area contributed by atoms with E-state index in [0.717, 1.165) is 24.3 Å². The van der Waals surface area contributed by atoms with E-state index in [1.54, 1.807) is 29.2 Å². The zero-order chi connectivity index (χ0) is 26.3. The summed E-state index contributed by atoms with van der Waals surface area (Å²) in [6.45, 7) is 0.207. The van der Waals surface area contributed by atoms with Gasteiger partial charge in [0.15, 0.2) is 0 Å². The van der Waals surface area contributed by atoms with Crippen LogP contribution in [0.5, 0.6) is 0 Å². The topological polar surface area (TPSA) is 114 Å². The summed E-state index contributed by atoms with van der Waals surface area (Å²) in [7, 11) is 0. The molecule has 1 aliphatic heterocycles. The molecule has 2 aromatic carbocycles. The van der Waals surface area contributed by atoms with Crippen LogP contribution in [-0.2, 0) is 27.0 Å². The number of alkyl halides is 3. The van der Waals surface area contributed by atoms with Gasteiger partial charge in [-0.1, -0.05) is 29.8 Å². The van der Waals surface area contributed by atoms with Crippen molar-refractivity contribution in [2.75, 3.05) is 31.6 Å². The van der Waals surface area contributed by atoms with Crippen molar-refractivity contribution in [1.29, 1.82) is 0 Å². The van der Waals surface area contributed by atoms with Gasteiger partial charge in [0.25, 0.3) is 0 Å². The average Bonchev–Trinajstić information content (AvgIpc) is 2.86. The van der Waals surface area contributed by atoms with Gasteiger partial charge in [-0.2, -0.15) is 13.2 Å². The molecule has 1 saturated heterocycles. The summed E-state index contributed by atoms with van der Waals surface area (Å²) in [5.74, 6) is -0.620. The van der Waals surface area contributed by atoms with E-state index in [1.165, 1.54) is 0 Å². The Kier molecular flexibility index (Phi) is 8.80. The zero-order valence-electron chi connectivity index (χ0n) is 19.2. The molecule has 0 aromatic heterocycles. The van der Waals surface area contributed by atoms with Gasteiger partial charge in [0.1, 0.15) is 6.61 Å². The normalized spacial score (nSPS) is 15.2. The average molecular weight is 527 g/mol. The number of anilines is 1. The summed E-state index contributed by atoms with van der Waals surface area (Å²) in [5.41, 5.74) is 4.28. The van der Waals surface area contributed by atoms with Crippen LogP contribution in [0, 0.1) is 5.41 Å². The Morgan fingerprint density at radius 3 is 2.28 bits per heavy atom. The first-order valence-electron chi connectivity index (χ1n) is 11.1. The van der Waals surface area contributed by atoms with Crippen molar-refractivity contribution in [3.8, 4) is 0 Å². The summed E-state index contributed by atoms with van der Waals surface area (Å²) in [4.78, 5) is 39.1. The number of ether oxygens (including phenoxy) is 1. The molecule has 4 N–H and O–H groups in total. The molecule has 0 aliphatic carbocycles. The van der Waals surface area contributed by atoms with Crippen LogP contribution in [0.3, 0.4) is 0 Å². The number of rotatable bonds is 7. The van der Waals surface area contributed by atoms with E-state index in [0.29, 0.717) is 10.6 Å². The Morgan fingerprint density at radius 1 is 1.06 bits per heavy atom. The number of benzene rings is 2. The lowest BCUT2D eigenvalue weighted by atomic mass is 9.78. The maximum Gasteiger partial charge on any atom is 0.416 e. The van der Waals surface area contributed by atoms with E-state index in [1.807, 2.05) is 0 Å². The van der Waals surface area contributed by atoms with E-state index in [-0.39, 0.29) is 63.1 Å². The quantitative estimate of drug-likeness (QED) is 0.508. The number of amides is 3. The minimum Gasteiger partial charge on any atom is -0.448 e. The Labute approximate surface area is 210 Å². The zero-order valence-corrected chi connectivity index (χ0v) is 20.0. The fraction of sp³-hybridized carbons (Fsp3) is 0.375. The van der Waals surface area contributed by atoms with Gasteiger partial charge in [0.2, 0.25) is 11.8 Å². The second-order valence-corrected chi connectivity index (χ2v) is 8.82. The molecule has 1 aliphatic rings. The van der Waals surface area contributed by atoms with Gasteiger partial charge in [0, 0.05) is 30.3 Å². The highest BCUT2D eigenvalue weighted by atomic mass is 35.5. The number of halogens is 4. The van der Waals surface area contributed by atoms with Gasteiger partial charge >= 0.3 is 12.3 Å². The maximum atomic E-state index is 13.3. The summed E-state index contributed by atoms with van der Waals surface area (Å²) in [5, 5.41) is 5.68. The molecular formula is C24H26ClF3N4O4. The molecular weight excluding hydrogens is 501 g/mol. The first kappa shape index (κ1) is 27.3. The number of nitrogens with two attached hydrogens (primary N) is 1. The molecule has 194 valence electrons. The maximum absolute atomic E-state index is 13.3. The lowest BCUT2D eigenvalue weighted by molar-refractivity contribution is -0.142. The SMILES string of the molecule is NCC(=O)N1CCC(COC(=O)Nc2ccc(C(F)(F)F)cc2)(C(=O)NCc2ccccc2Cl)CC1. The van der Waals surface area contributed by atoms with Gasteiger partial charge < -0.3 is 20.7 Å².